The Kier molecular flexibility index (Phi) is 24.4. The molecule has 18 heavy (non-hydrogen) atoms. The molecule has 0 aromatic carbocycles. The van der Waals surface area contributed by atoms with Crippen LogP contribution in [0.25, 0.3) is 0 Å². The zero-order valence-electron chi connectivity index (χ0n) is 9.88. The minimum absolute atomic E-state index is 0.337. The summed E-state index contributed by atoms with van der Waals surface area (Å²) >= 11 is 0. The van der Waals surface area contributed by atoms with Crippen molar-refractivity contribution in [2.75, 3.05) is 0 Å². The molecule has 0 aliphatic rings. The molecule has 0 saturated heterocycles. The standard InChI is InChI=1S/C8H16O2.2ClHO3/c1-2-3-4-5-6-7-8(9)10;2*2-1(3)4/h2-7H2,1H3,(H,9,10);2*2H. The molecule has 0 aliphatic carbocycles. The second-order valence-corrected chi connectivity index (χ2v) is 3.76. The molecule has 0 fully saturated rings. The Balaban J connectivity index is -0.000000233. The molecule has 0 saturated carbocycles. The van der Waals surface area contributed by atoms with Crippen molar-refractivity contribution in [3.05, 3.63) is 0 Å². The fourth-order valence-electron chi connectivity index (χ4n) is 0.880. The topological polar surface area (TPSA) is 170 Å². The molecule has 10 heteroatoms. The molecule has 0 bridgehead atoms. The fourth-order valence-corrected chi connectivity index (χ4v) is 0.880. The van der Waals surface area contributed by atoms with E-state index < -0.39 is 27.5 Å². The first kappa shape index (κ1) is 22.9. The van der Waals surface area contributed by atoms with Crippen molar-refractivity contribution in [1.82, 2.24) is 0 Å². The highest BCUT2D eigenvalue weighted by Crippen LogP contribution is 2.04. The number of unbranched alkanes of at least 4 members (excludes halogenated alkanes) is 4. The predicted octanol–water partition coefficient (Wildman–Crippen LogP) is -3.44. The summed E-state index contributed by atoms with van der Waals surface area (Å²) in [6.07, 6.45) is 5.88. The first-order chi connectivity index (χ1) is 8.23. The zero-order chi connectivity index (χ0) is 15.0. The molecule has 0 aromatic heterocycles. The van der Waals surface area contributed by atoms with Crippen LogP contribution in [0.3, 0.4) is 0 Å². The highest BCUT2D eigenvalue weighted by atomic mass is 35.6. The van der Waals surface area contributed by atoms with Gasteiger partial charge < -0.3 is 23.7 Å². The molecule has 0 rings (SSSR count). The summed E-state index contributed by atoms with van der Waals surface area (Å²) < 4.78 is 47.9. The molecule has 0 unspecified atom stereocenters. The van der Waals surface area contributed by atoms with Crippen molar-refractivity contribution in [2.45, 2.75) is 45.4 Å². The van der Waals surface area contributed by atoms with Crippen LogP contribution in [-0.4, -0.2) is 20.4 Å². The van der Waals surface area contributed by atoms with Crippen LogP contribution in [0.15, 0.2) is 0 Å². The van der Waals surface area contributed by atoms with Crippen molar-refractivity contribution in [3.8, 4) is 0 Å². The van der Waals surface area contributed by atoms with E-state index in [1.807, 2.05) is 0 Å². The van der Waals surface area contributed by atoms with E-state index in [1.54, 1.807) is 0 Å². The van der Waals surface area contributed by atoms with Gasteiger partial charge in [0.2, 0.25) is 0 Å². The zero-order valence-corrected chi connectivity index (χ0v) is 11.4. The average molecular weight is 313 g/mol. The summed E-state index contributed by atoms with van der Waals surface area (Å²) in [6, 6.07) is 0. The average Bonchev–Trinajstić information content (AvgIpc) is 2.15. The van der Waals surface area contributed by atoms with Crippen LogP contribution in [0.4, 0.5) is 0 Å². The summed E-state index contributed by atoms with van der Waals surface area (Å²) in [6.45, 7) is 2.15. The van der Waals surface area contributed by atoms with Crippen LogP contribution in [0.2, 0.25) is 0 Å². The summed E-state index contributed by atoms with van der Waals surface area (Å²) in [5, 5.41) is 8.27. The van der Waals surface area contributed by atoms with E-state index in [2.05, 4.69) is 6.92 Å². The Morgan fingerprint density at radius 2 is 1.28 bits per heavy atom. The lowest BCUT2D eigenvalue weighted by atomic mass is 10.1. The van der Waals surface area contributed by atoms with Crippen molar-refractivity contribution in [1.29, 1.82) is 0 Å². The molecule has 0 atom stereocenters. The minimum atomic E-state index is -2.60. The first-order valence-electron chi connectivity index (χ1n) is 4.94. The minimum Gasteiger partial charge on any atom is -0.481 e. The number of rotatable bonds is 6. The maximum Gasteiger partial charge on any atom is 0.303 e. The Morgan fingerprint density at radius 1 is 0.944 bits per heavy atom. The van der Waals surface area contributed by atoms with Crippen LogP contribution in [0.1, 0.15) is 45.4 Å². The van der Waals surface area contributed by atoms with Gasteiger partial charge in [0.25, 0.3) is 21.6 Å². The second kappa shape index (κ2) is 19.2. The van der Waals surface area contributed by atoms with Gasteiger partial charge >= 0.3 is 5.97 Å². The van der Waals surface area contributed by atoms with Crippen LogP contribution in [0, 0.1) is 21.6 Å². The lowest BCUT2D eigenvalue weighted by molar-refractivity contribution is -1.63. The third kappa shape index (κ3) is 74.8. The Morgan fingerprint density at radius 3 is 1.56 bits per heavy atom. The largest absolute Gasteiger partial charge is 0.481 e. The SMILES string of the molecule is CCCCCCCC(=O)O.[O-][Cl+2]([O-])O.[O-][Cl+2]([O-])O. The lowest BCUT2D eigenvalue weighted by Crippen LogP contribution is -2.30. The van der Waals surface area contributed by atoms with Crippen molar-refractivity contribution in [3.63, 3.8) is 0 Å². The lowest BCUT2D eigenvalue weighted by Gasteiger charge is -1.95. The van der Waals surface area contributed by atoms with E-state index in [-0.39, 0.29) is 0 Å². The Bertz CT molecular complexity index is 156. The third-order valence-electron chi connectivity index (χ3n) is 1.49. The Hall–Kier alpha value is -0.190. The van der Waals surface area contributed by atoms with Crippen LogP contribution in [0.5, 0.6) is 0 Å². The van der Waals surface area contributed by atoms with Crippen LogP contribution in [-0.2, 0) is 4.79 Å². The number of hydrogen-bond donors (Lipinski definition) is 3. The molecule has 0 aromatic rings. The maximum atomic E-state index is 10.0. The van der Waals surface area contributed by atoms with Crippen LogP contribution < -0.4 is 18.6 Å². The normalized spacial score (nSPS) is 9.39. The van der Waals surface area contributed by atoms with Gasteiger partial charge in [0.15, 0.2) is 0 Å². The number of hydrogen-bond acceptors (Lipinski definition) is 7. The van der Waals surface area contributed by atoms with Gasteiger partial charge in [-0.25, -0.2) is 0 Å². The number of carboxylic acids is 1. The van der Waals surface area contributed by atoms with Gasteiger partial charge in [-0.1, -0.05) is 32.6 Å². The molecule has 0 radical (unpaired) electrons. The summed E-state index contributed by atoms with van der Waals surface area (Å²) in [5.41, 5.74) is 0. The smallest absolute Gasteiger partial charge is 0.303 e. The van der Waals surface area contributed by atoms with E-state index in [0.29, 0.717) is 6.42 Å². The molecule has 112 valence electrons. The van der Waals surface area contributed by atoms with Gasteiger partial charge in [-0.3, -0.25) is 4.79 Å². The number of carboxylic acid groups (broad SMARTS) is 1. The van der Waals surface area contributed by atoms with Gasteiger partial charge in [0, 0.05) is 15.7 Å². The molecule has 0 aliphatic heterocycles. The molecule has 0 spiro atoms. The third-order valence-corrected chi connectivity index (χ3v) is 1.49. The van der Waals surface area contributed by atoms with Gasteiger partial charge in [-0.2, -0.15) is 0 Å². The van der Waals surface area contributed by atoms with Crippen LogP contribution >= 0.6 is 0 Å². The summed E-state index contributed by atoms with van der Waals surface area (Å²) in [7, 11) is -5.20. The first-order valence-corrected chi connectivity index (χ1v) is 6.85. The number of carbonyl (C=O) groups is 1. The van der Waals surface area contributed by atoms with Crippen molar-refractivity contribution in [2.24, 2.45) is 0 Å². The van der Waals surface area contributed by atoms with E-state index in [0.717, 1.165) is 12.8 Å². The highest BCUT2D eigenvalue weighted by Gasteiger charge is 1.94. The molecular formula is C8H18Cl2O8. The van der Waals surface area contributed by atoms with Gasteiger partial charge in [0.05, 0.1) is 0 Å². The highest BCUT2D eigenvalue weighted by molar-refractivity contribution is 5.66. The second-order valence-electron chi connectivity index (χ2n) is 2.96. The Labute approximate surface area is 111 Å². The van der Waals surface area contributed by atoms with E-state index >= 15 is 0 Å². The van der Waals surface area contributed by atoms with Crippen molar-refractivity contribution < 1.29 is 59.4 Å². The van der Waals surface area contributed by atoms with Gasteiger partial charge in [-0.05, 0) is 6.42 Å². The monoisotopic (exact) mass is 312 g/mol. The summed E-state index contributed by atoms with van der Waals surface area (Å²) in [5.74, 6) is -0.670. The van der Waals surface area contributed by atoms with E-state index in [1.165, 1.54) is 19.3 Å². The molecular weight excluding hydrogens is 295 g/mol. The van der Waals surface area contributed by atoms with Gasteiger partial charge in [0.1, 0.15) is 0 Å². The molecule has 8 nitrogen and oxygen atoms in total. The van der Waals surface area contributed by atoms with E-state index in [9.17, 15) is 4.79 Å². The predicted molar refractivity (Wildman–Crippen MR) is 45.4 cm³/mol. The quantitative estimate of drug-likeness (QED) is 0.425. The van der Waals surface area contributed by atoms with E-state index in [4.69, 9.17) is 33.1 Å². The molecule has 0 heterocycles. The van der Waals surface area contributed by atoms with Gasteiger partial charge in [-0.15, -0.1) is 0 Å². The molecule has 0 amide bonds. The number of halogens is 2. The maximum absolute atomic E-state index is 10.0. The van der Waals surface area contributed by atoms with Crippen molar-refractivity contribution >= 4 is 5.97 Å². The number of aliphatic carboxylic acids is 1. The fraction of sp³-hybridized carbons (Fsp3) is 0.875. The molecule has 3 N–H and O–H groups in total. The summed E-state index contributed by atoms with van der Waals surface area (Å²) in [4.78, 5) is 10.0.